The molecular formula is C18H29N5O2. The summed E-state index contributed by atoms with van der Waals surface area (Å²) in [4.78, 5) is 28.6. The van der Waals surface area contributed by atoms with Gasteiger partial charge in [0.2, 0.25) is 5.91 Å². The lowest BCUT2D eigenvalue weighted by Gasteiger charge is -2.30. The molecular weight excluding hydrogens is 318 g/mol. The van der Waals surface area contributed by atoms with Crippen molar-refractivity contribution in [1.82, 2.24) is 24.9 Å². The Kier molecular flexibility index (Phi) is 5.60. The molecule has 1 N–H and O–H groups in total. The molecule has 0 aromatic carbocycles. The van der Waals surface area contributed by atoms with Crippen LogP contribution in [0.1, 0.15) is 38.2 Å². The Bertz CT molecular complexity index is 608. The molecule has 3 heterocycles. The van der Waals surface area contributed by atoms with Crippen molar-refractivity contribution in [2.24, 2.45) is 13.0 Å². The molecule has 3 rings (SSSR count). The Labute approximate surface area is 149 Å². The zero-order valence-electron chi connectivity index (χ0n) is 15.3. The molecule has 0 unspecified atom stereocenters. The number of piperidine rings is 1. The van der Waals surface area contributed by atoms with Crippen molar-refractivity contribution in [1.29, 1.82) is 0 Å². The van der Waals surface area contributed by atoms with Crippen LogP contribution in [-0.2, 0) is 18.3 Å². The van der Waals surface area contributed by atoms with Gasteiger partial charge in [0.05, 0.1) is 6.20 Å². The fraction of sp³-hybridized carbons (Fsp3) is 0.722. The van der Waals surface area contributed by atoms with Crippen molar-refractivity contribution in [3.05, 3.63) is 18.0 Å². The van der Waals surface area contributed by atoms with Gasteiger partial charge in [0.1, 0.15) is 6.04 Å². The van der Waals surface area contributed by atoms with Gasteiger partial charge in [-0.2, -0.15) is 5.10 Å². The number of rotatable bonds is 4. The molecule has 0 bridgehead atoms. The highest BCUT2D eigenvalue weighted by atomic mass is 16.2. The number of nitrogens with zero attached hydrogens (tertiary/aromatic N) is 4. The average Bonchev–Trinajstić information content (AvgIpc) is 3.24. The molecule has 1 aromatic heterocycles. The van der Waals surface area contributed by atoms with E-state index in [0.29, 0.717) is 5.92 Å². The maximum Gasteiger partial charge on any atom is 0.318 e. The first-order chi connectivity index (χ1) is 12.0. The van der Waals surface area contributed by atoms with Crippen molar-refractivity contribution in [2.45, 2.75) is 45.1 Å². The number of amides is 3. The Hall–Kier alpha value is -2.05. The summed E-state index contributed by atoms with van der Waals surface area (Å²) >= 11 is 0. The maximum absolute atomic E-state index is 12.5. The summed E-state index contributed by atoms with van der Waals surface area (Å²) in [6.07, 6.45) is 9.18. The summed E-state index contributed by atoms with van der Waals surface area (Å²) in [7, 11) is 1.92. The van der Waals surface area contributed by atoms with Crippen LogP contribution in [0, 0.1) is 5.92 Å². The number of nitrogens with one attached hydrogen (secondary N) is 1. The first-order valence-corrected chi connectivity index (χ1v) is 9.34. The molecule has 0 saturated carbocycles. The van der Waals surface area contributed by atoms with Crippen LogP contribution in [-0.4, -0.2) is 63.7 Å². The predicted octanol–water partition coefficient (Wildman–Crippen LogP) is 1.40. The van der Waals surface area contributed by atoms with Crippen molar-refractivity contribution in [2.75, 3.05) is 26.2 Å². The zero-order valence-corrected chi connectivity index (χ0v) is 15.3. The second-order valence-corrected chi connectivity index (χ2v) is 7.38. The van der Waals surface area contributed by atoms with Crippen molar-refractivity contribution >= 4 is 11.9 Å². The summed E-state index contributed by atoms with van der Waals surface area (Å²) in [5, 5.41) is 7.08. The van der Waals surface area contributed by atoms with Gasteiger partial charge in [-0.25, -0.2) is 4.79 Å². The molecule has 2 fully saturated rings. The summed E-state index contributed by atoms with van der Waals surface area (Å²) in [5.74, 6) is 0.502. The van der Waals surface area contributed by atoms with E-state index in [0.717, 1.165) is 51.9 Å². The number of hydrogen-bond donors (Lipinski definition) is 1. The molecule has 1 aromatic rings. The largest absolute Gasteiger partial charge is 0.341 e. The highest BCUT2D eigenvalue weighted by Gasteiger charge is 2.29. The lowest BCUT2D eigenvalue weighted by atomic mass is 10.0. The molecule has 2 saturated heterocycles. The lowest BCUT2D eigenvalue weighted by Crippen LogP contribution is -2.51. The first kappa shape index (κ1) is 17.8. The van der Waals surface area contributed by atoms with E-state index < -0.39 is 6.04 Å². The van der Waals surface area contributed by atoms with Gasteiger partial charge in [-0.3, -0.25) is 9.48 Å². The van der Waals surface area contributed by atoms with Gasteiger partial charge in [0.15, 0.2) is 0 Å². The Morgan fingerprint density at radius 2 is 2.00 bits per heavy atom. The summed E-state index contributed by atoms with van der Waals surface area (Å²) in [5.41, 5.74) is 1.21. The fourth-order valence-electron chi connectivity index (χ4n) is 3.82. The van der Waals surface area contributed by atoms with E-state index in [1.807, 2.05) is 33.9 Å². The van der Waals surface area contributed by atoms with Gasteiger partial charge in [-0.05, 0) is 50.5 Å². The third-order valence-corrected chi connectivity index (χ3v) is 5.23. The molecule has 3 amide bonds. The molecule has 25 heavy (non-hydrogen) atoms. The third kappa shape index (κ3) is 4.52. The predicted molar refractivity (Wildman–Crippen MR) is 95.0 cm³/mol. The van der Waals surface area contributed by atoms with Crippen LogP contribution >= 0.6 is 0 Å². The second-order valence-electron chi connectivity index (χ2n) is 7.38. The summed E-state index contributed by atoms with van der Waals surface area (Å²) in [6, 6.07) is -0.575. The Morgan fingerprint density at radius 3 is 2.68 bits per heavy atom. The molecule has 7 nitrogen and oxygen atoms in total. The quantitative estimate of drug-likeness (QED) is 0.895. The standard InChI is InChI=1S/C18H29N5O2/c1-14(17(24)22-7-4-3-5-8-22)20-18(25)23-9-6-15(13-23)10-16-11-19-21(2)12-16/h11-12,14-15H,3-10,13H2,1-2H3,(H,20,25)/t14-,15-/m0/s1. The van der Waals surface area contributed by atoms with E-state index in [2.05, 4.69) is 10.4 Å². The zero-order chi connectivity index (χ0) is 17.8. The SMILES string of the molecule is C[C@H](NC(=O)N1CC[C@@H](Cc2cnn(C)c2)C1)C(=O)N1CCCCC1. The average molecular weight is 347 g/mol. The van der Waals surface area contributed by atoms with E-state index >= 15 is 0 Å². The first-order valence-electron chi connectivity index (χ1n) is 9.34. The lowest BCUT2D eigenvalue weighted by molar-refractivity contribution is -0.133. The van der Waals surface area contributed by atoms with Gasteiger partial charge >= 0.3 is 6.03 Å². The summed E-state index contributed by atoms with van der Waals surface area (Å²) in [6.45, 7) is 4.91. The number of urea groups is 1. The van der Waals surface area contributed by atoms with Crippen molar-refractivity contribution in [3.8, 4) is 0 Å². The van der Waals surface area contributed by atoms with Crippen LogP contribution in [0.15, 0.2) is 12.4 Å². The second kappa shape index (κ2) is 7.89. The van der Waals surface area contributed by atoms with E-state index in [9.17, 15) is 9.59 Å². The molecule has 138 valence electrons. The number of carbonyl (C=O) groups is 2. The van der Waals surface area contributed by atoms with Gasteiger partial charge in [0.25, 0.3) is 0 Å². The number of aryl methyl sites for hydroxylation is 1. The minimum absolute atomic E-state index is 0.0409. The van der Waals surface area contributed by atoms with Gasteiger partial charge < -0.3 is 15.1 Å². The highest BCUT2D eigenvalue weighted by molar-refractivity contribution is 5.86. The molecule has 2 atom stereocenters. The highest BCUT2D eigenvalue weighted by Crippen LogP contribution is 2.20. The molecule has 0 spiro atoms. The van der Waals surface area contributed by atoms with Gasteiger partial charge in [-0.15, -0.1) is 0 Å². The number of carbonyl (C=O) groups excluding carboxylic acids is 2. The van der Waals surface area contributed by atoms with E-state index in [-0.39, 0.29) is 11.9 Å². The van der Waals surface area contributed by atoms with Crippen molar-refractivity contribution < 1.29 is 9.59 Å². The van der Waals surface area contributed by atoms with Crippen LogP contribution < -0.4 is 5.32 Å². The van der Waals surface area contributed by atoms with E-state index in [1.165, 1.54) is 12.0 Å². The van der Waals surface area contributed by atoms with E-state index in [4.69, 9.17) is 0 Å². The van der Waals surface area contributed by atoms with Crippen LogP contribution in [0.2, 0.25) is 0 Å². The van der Waals surface area contributed by atoms with Crippen LogP contribution in [0.4, 0.5) is 4.79 Å². The summed E-state index contributed by atoms with van der Waals surface area (Å²) < 4.78 is 1.81. The van der Waals surface area contributed by atoms with Crippen LogP contribution in [0.25, 0.3) is 0 Å². The van der Waals surface area contributed by atoms with Crippen LogP contribution in [0.5, 0.6) is 0 Å². The Morgan fingerprint density at radius 1 is 1.24 bits per heavy atom. The molecule has 0 aliphatic carbocycles. The number of aromatic nitrogens is 2. The third-order valence-electron chi connectivity index (χ3n) is 5.23. The Balaban J connectivity index is 1.45. The molecule has 0 radical (unpaired) electrons. The topological polar surface area (TPSA) is 70.5 Å². The number of likely N-dealkylation sites (tertiary alicyclic amines) is 2. The monoisotopic (exact) mass is 347 g/mol. The maximum atomic E-state index is 12.5. The number of hydrogen-bond acceptors (Lipinski definition) is 3. The fourth-order valence-corrected chi connectivity index (χ4v) is 3.82. The molecule has 2 aliphatic heterocycles. The van der Waals surface area contributed by atoms with Gasteiger partial charge in [0, 0.05) is 39.4 Å². The van der Waals surface area contributed by atoms with Crippen molar-refractivity contribution in [3.63, 3.8) is 0 Å². The van der Waals surface area contributed by atoms with Crippen LogP contribution in [0.3, 0.4) is 0 Å². The molecule has 7 heteroatoms. The van der Waals surface area contributed by atoms with Gasteiger partial charge in [-0.1, -0.05) is 0 Å². The van der Waals surface area contributed by atoms with E-state index in [1.54, 1.807) is 6.92 Å². The molecule has 2 aliphatic rings. The normalized spacial score (nSPS) is 22.1. The minimum Gasteiger partial charge on any atom is -0.341 e. The minimum atomic E-state index is -0.456. The smallest absolute Gasteiger partial charge is 0.318 e.